The summed E-state index contributed by atoms with van der Waals surface area (Å²) in [7, 11) is 0. The second-order valence-electron chi connectivity index (χ2n) is 8.72. The average Bonchev–Trinajstić information content (AvgIpc) is 3.16. The summed E-state index contributed by atoms with van der Waals surface area (Å²) >= 11 is 0. The number of hydrogen-bond acceptors (Lipinski definition) is 9. The molecule has 0 radical (unpaired) electrons. The third-order valence-corrected chi connectivity index (χ3v) is 6.84. The van der Waals surface area contributed by atoms with Crippen molar-refractivity contribution in [1.29, 1.82) is 0 Å². The number of ketones is 2. The molecule has 3 aliphatic rings. The summed E-state index contributed by atoms with van der Waals surface area (Å²) in [6.07, 6.45) is -0.110. The molecule has 3 atom stereocenters. The number of fused-ring (bicyclic) bond motifs is 3. The molecule has 10 heteroatoms. The molecular formula is C23H20N2O8. The summed E-state index contributed by atoms with van der Waals surface area (Å²) in [5.74, 6) is -6.18. The first-order valence-electron chi connectivity index (χ1n) is 10.3. The molecule has 1 aromatic heterocycles. The van der Waals surface area contributed by atoms with Crippen molar-refractivity contribution in [1.82, 2.24) is 5.16 Å². The summed E-state index contributed by atoms with van der Waals surface area (Å²) in [5, 5.41) is 47.3. The number of nitrogens with zero attached hydrogens (tertiary/aromatic N) is 1. The minimum atomic E-state index is -2.58. The van der Waals surface area contributed by atoms with Crippen LogP contribution in [0, 0.1) is 18.8 Å². The third kappa shape index (κ3) is 2.70. The number of aliphatic hydroxyl groups excluding tert-OH is 2. The van der Waals surface area contributed by atoms with Gasteiger partial charge in [0.1, 0.15) is 22.8 Å². The zero-order chi connectivity index (χ0) is 23.8. The van der Waals surface area contributed by atoms with Gasteiger partial charge in [-0.3, -0.25) is 14.4 Å². The number of Topliss-reactive ketones (excluding diaryl/α,β-unsaturated/α-hetero) is 2. The van der Waals surface area contributed by atoms with Crippen molar-refractivity contribution in [2.24, 2.45) is 17.6 Å². The molecule has 33 heavy (non-hydrogen) atoms. The van der Waals surface area contributed by atoms with Gasteiger partial charge in [0, 0.05) is 29.5 Å². The van der Waals surface area contributed by atoms with Crippen molar-refractivity contribution < 1.29 is 39.3 Å². The van der Waals surface area contributed by atoms with Crippen LogP contribution < -0.4 is 5.73 Å². The molecule has 0 saturated heterocycles. The Balaban J connectivity index is 1.71. The van der Waals surface area contributed by atoms with Crippen molar-refractivity contribution in [2.45, 2.75) is 31.8 Å². The van der Waals surface area contributed by atoms with Gasteiger partial charge in [-0.2, -0.15) is 0 Å². The number of carbonyl (C=O) groups is 3. The van der Waals surface area contributed by atoms with Crippen LogP contribution in [-0.2, 0) is 20.8 Å². The van der Waals surface area contributed by atoms with Gasteiger partial charge in [0.15, 0.2) is 17.1 Å². The minimum absolute atomic E-state index is 0.00804. The lowest BCUT2D eigenvalue weighted by molar-refractivity contribution is -0.147. The molecular weight excluding hydrogens is 432 g/mol. The molecule has 0 unspecified atom stereocenters. The fourth-order valence-corrected chi connectivity index (χ4v) is 5.34. The van der Waals surface area contributed by atoms with Crippen molar-refractivity contribution >= 4 is 23.2 Å². The van der Waals surface area contributed by atoms with E-state index in [1.807, 2.05) is 0 Å². The Labute approximate surface area is 186 Å². The summed E-state index contributed by atoms with van der Waals surface area (Å²) in [6.45, 7) is 1.75. The van der Waals surface area contributed by atoms with E-state index >= 15 is 0 Å². The standard InChI is InChI=1S/C23H20N2O8/c1-8-4-15(33-25-8)11-2-3-13(26)17-12(11)6-9-5-10-7-14(27)18(22(24)31)21(30)23(10,32)20(29)16(9)19(17)28/h2-4,9-10,26,28,30,32H,5-7H2,1H3,(H2,24,31)/t9-,10+,23+/m1/s1. The van der Waals surface area contributed by atoms with Crippen LogP contribution in [-0.4, -0.2) is 48.7 Å². The van der Waals surface area contributed by atoms with E-state index in [4.69, 9.17) is 10.3 Å². The monoisotopic (exact) mass is 452 g/mol. The van der Waals surface area contributed by atoms with Crippen LogP contribution in [0.2, 0.25) is 0 Å². The highest BCUT2D eigenvalue weighted by Crippen LogP contribution is 2.53. The van der Waals surface area contributed by atoms with Crippen molar-refractivity contribution in [3.05, 3.63) is 51.9 Å². The van der Waals surface area contributed by atoms with E-state index in [1.165, 1.54) is 6.07 Å². The molecule has 5 rings (SSSR count). The number of aryl methyl sites for hydroxylation is 1. The number of amides is 1. The van der Waals surface area contributed by atoms with Gasteiger partial charge in [0.05, 0.1) is 11.3 Å². The SMILES string of the molecule is Cc1cc(-c2ccc(O)c3c2C[C@H]2C[C@H]4CC(=O)C(C(N)=O)=C(O)[C@@]4(O)C(=O)C2=C3O)on1. The molecule has 3 aliphatic carbocycles. The maximum absolute atomic E-state index is 13.5. The summed E-state index contributed by atoms with van der Waals surface area (Å²) < 4.78 is 5.35. The molecule has 1 aromatic carbocycles. The first-order chi connectivity index (χ1) is 15.6. The highest BCUT2D eigenvalue weighted by Gasteiger charge is 2.60. The fourth-order valence-electron chi connectivity index (χ4n) is 5.34. The number of aromatic nitrogens is 1. The van der Waals surface area contributed by atoms with Crippen molar-refractivity contribution in [2.75, 3.05) is 0 Å². The van der Waals surface area contributed by atoms with Gasteiger partial charge >= 0.3 is 0 Å². The largest absolute Gasteiger partial charge is 0.508 e. The summed E-state index contributed by atoms with van der Waals surface area (Å²) in [5.41, 5.74) is 3.33. The number of carbonyl (C=O) groups excluding carboxylic acids is 3. The number of nitrogens with two attached hydrogens (primary N) is 1. The predicted molar refractivity (Wildman–Crippen MR) is 112 cm³/mol. The lowest BCUT2D eigenvalue weighted by Crippen LogP contribution is -2.58. The van der Waals surface area contributed by atoms with E-state index in [1.54, 1.807) is 19.1 Å². The molecule has 10 nitrogen and oxygen atoms in total. The molecule has 6 N–H and O–H groups in total. The number of phenols is 1. The maximum Gasteiger partial charge on any atom is 0.255 e. The minimum Gasteiger partial charge on any atom is -0.508 e. The number of benzene rings is 1. The highest BCUT2D eigenvalue weighted by molar-refractivity contribution is 6.22. The Bertz CT molecular complexity index is 1330. The first-order valence-corrected chi connectivity index (χ1v) is 10.3. The lowest BCUT2D eigenvalue weighted by Gasteiger charge is -2.46. The first kappa shape index (κ1) is 21.0. The molecule has 170 valence electrons. The number of aliphatic hydroxyl groups is 3. The molecule has 2 aromatic rings. The van der Waals surface area contributed by atoms with Gasteiger partial charge in [-0.1, -0.05) is 5.16 Å². The van der Waals surface area contributed by atoms with Crippen LogP contribution in [0.25, 0.3) is 17.1 Å². The normalized spacial score (nSPS) is 26.7. The van der Waals surface area contributed by atoms with Gasteiger partial charge < -0.3 is 30.7 Å². The van der Waals surface area contributed by atoms with Crippen LogP contribution in [0.5, 0.6) is 5.75 Å². The van der Waals surface area contributed by atoms with Crippen molar-refractivity contribution in [3.63, 3.8) is 0 Å². The van der Waals surface area contributed by atoms with E-state index < -0.39 is 52.0 Å². The maximum atomic E-state index is 13.5. The van der Waals surface area contributed by atoms with E-state index in [0.717, 1.165) is 0 Å². The second-order valence-corrected chi connectivity index (χ2v) is 8.72. The van der Waals surface area contributed by atoms with E-state index in [0.29, 0.717) is 22.6 Å². The van der Waals surface area contributed by atoms with Crippen molar-refractivity contribution in [3.8, 4) is 17.1 Å². The molecule has 1 fully saturated rings. The van der Waals surface area contributed by atoms with Crippen LogP contribution in [0.3, 0.4) is 0 Å². The fraction of sp³-hybridized carbons (Fsp3) is 0.304. The number of aromatic hydroxyl groups is 1. The van der Waals surface area contributed by atoms with E-state index in [-0.39, 0.29) is 36.1 Å². The third-order valence-electron chi connectivity index (χ3n) is 6.84. The topological polar surface area (TPSA) is 184 Å². The van der Waals surface area contributed by atoms with Crippen LogP contribution in [0.15, 0.2) is 39.6 Å². The Hall–Kier alpha value is -3.92. The van der Waals surface area contributed by atoms with Gasteiger partial charge in [-0.25, -0.2) is 0 Å². The zero-order valence-corrected chi connectivity index (χ0v) is 17.5. The predicted octanol–water partition coefficient (Wildman–Crippen LogP) is 1.39. The molecule has 0 spiro atoms. The Kier molecular flexibility index (Phi) is 4.31. The van der Waals surface area contributed by atoms with E-state index in [9.17, 15) is 34.8 Å². The second kappa shape index (κ2) is 6.79. The zero-order valence-electron chi connectivity index (χ0n) is 17.5. The van der Waals surface area contributed by atoms with Crippen LogP contribution in [0.1, 0.15) is 29.7 Å². The Morgan fingerprint density at radius 2 is 1.94 bits per heavy atom. The highest BCUT2D eigenvalue weighted by atomic mass is 16.5. The average molecular weight is 452 g/mol. The van der Waals surface area contributed by atoms with Crippen LogP contribution >= 0.6 is 0 Å². The summed E-state index contributed by atoms with van der Waals surface area (Å²) in [4.78, 5) is 37.5. The van der Waals surface area contributed by atoms with Gasteiger partial charge in [-0.15, -0.1) is 0 Å². The molecule has 1 heterocycles. The van der Waals surface area contributed by atoms with Gasteiger partial charge in [0.25, 0.3) is 5.91 Å². The molecule has 1 saturated carbocycles. The van der Waals surface area contributed by atoms with Crippen LogP contribution in [0.4, 0.5) is 0 Å². The molecule has 0 bridgehead atoms. The number of phenolic OH excluding ortho intramolecular Hbond substituents is 1. The molecule has 0 aliphatic heterocycles. The Morgan fingerprint density at radius 3 is 2.58 bits per heavy atom. The number of rotatable bonds is 2. The molecule has 1 amide bonds. The Morgan fingerprint density at radius 1 is 1.21 bits per heavy atom. The summed E-state index contributed by atoms with van der Waals surface area (Å²) in [6, 6.07) is 4.66. The lowest BCUT2D eigenvalue weighted by atomic mass is 9.59. The van der Waals surface area contributed by atoms with Gasteiger partial charge in [-0.05, 0) is 43.4 Å². The van der Waals surface area contributed by atoms with E-state index in [2.05, 4.69) is 5.16 Å². The van der Waals surface area contributed by atoms with Gasteiger partial charge in [0.2, 0.25) is 5.78 Å². The number of hydrogen-bond donors (Lipinski definition) is 5. The number of primary amides is 1. The quantitative estimate of drug-likeness (QED) is 0.420. The smallest absolute Gasteiger partial charge is 0.255 e.